The molecule has 0 saturated carbocycles. The first-order valence-electron chi connectivity index (χ1n) is 6.21. The van der Waals surface area contributed by atoms with E-state index in [4.69, 9.17) is 4.74 Å². The maximum Gasteiger partial charge on any atom is 0.343 e. The number of carbonyl (C=O) groups is 2. The van der Waals surface area contributed by atoms with Gasteiger partial charge in [0.2, 0.25) is 5.91 Å². The van der Waals surface area contributed by atoms with Crippen LogP contribution in [-0.4, -0.2) is 11.9 Å². The first-order valence-corrected chi connectivity index (χ1v) is 6.21. The average Bonchev–Trinajstić information content (AvgIpc) is 2.39. The van der Waals surface area contributed by atoms with E-state index in [0.29, 0.717) is 17.0 Å². The van der Waals surface area contributed by atoms with Crippen molar-refractivity contribution in [3.63, 3.8) is 0 Å². The molecule has 2 aromatic carbocycles. The summed E-state index contributed by atoms with van der Waals surface area (Å²) in [6, 6.07) is 13.8. The number of hydrogen-bond donors (Lipinski definition) is 1. The summed E-state index contributed by atoms with van der Waals surface area (Å²) >= 11 is 0. The monoisotopic (exact) mass is 269 g/mol. The topological polar surface area (TPSA) is 55.4 Å². The molecule has 0 aromatic heterocycles. The Bertz CT molecular complexity index is 632. The van der Waals surface area contributed by atoms with E-state index in [9.17, 15) is 9.59 Å². The van der Waals surface area contributed by atoms with Crippen molar-refractivity contribution in [2.75, 3.05) is 5.32 Å². The van der Waals surface area contributed by atoms with Crippen molar-refractivity contribution in [1.82, 2.24) is 0 Å². The Morgan fingerprint density at radius 1 is 1.05 bits per heavy atom. The van der Waals surface area contributed by atoms with Crippen molar-refractivity contribution < 1.29 is 14.3 Å². The maximum absolute atomic E-state index is 11.9. The Labute approximate surface area is 117 Å². The Morgan fingerprint density at radius 3 is 2.40 bits per heavy atom. The van der Waals surface area contributed by atoms with Gasteiger partial charge in [0.15, 0.2) is 0 Å². The van der Waals surface area contributed by atoms with Crippen LogP contribution in [0.3, 0.4) is 0 Å². The Hall–Kier alpha value is -2.62. The van der Waals surface area contributed by atoms with Crippen molar-refractivity contribution in [1.29, 1.82) is 0 Å². The third-order valence-electron chi connectivity index (χ3n) is 2.65. The molecule has 0 aliphatic carbocycles. The lowest BCUT2D eigenvalue weighted by Crippen LogP contribution is -2.09. The summed E-state index contributed by atoms with van der Waals surface area (Å²) in [6.45, 7) is 3.37. The van der Waals surface area contributed by atoms with Gasteiger partial charge in [-0.1, -0.05) is 23.8 Å². The molecule has 0 spiro atoms. The fourth-order valence-corrected chi connectivity index (χ4v) is 1.70. The first kappa shape index (κ1) is 13.8. The summed E-state index contributed by atoms with van der Waals surface area (Å²) < 4.78 is 5.27. The molecule has 0 atom stereocenters. The van der Waals surface area contributed by atoms with E-state index >= 15 is 0 Å². The van der Waals surface area contributed by atoms with Crippen molar-refractivity contribution in [2.24, 2.45) is 0 Å². The molecule has 1 amide bonds. The molecule has 4 nitrogen and oxygen atoms in total. The molecular weight excluding hydrogens is 254 g/mol. The molecule has 4 heteroatoms. The van der Waals surface area contributed by atoms with E-state index in [-0.39, 0.29) is 5.91 Å². The molecule has 0 bridgehead atoms. The molecule has 102 valence electrons. The van der Waals surface area contributed by atoms with Crippen LogP contribution in [0, 0.1) is 6.92 Å². The van der Waals surface area contributed by atoms with E-state index in [0.717, 1.165) is 5.56 Å². The first-order chi connectivity index (χ1) is 9.54. The molecule has 2 aromatic rings. The van der Waals surface area contributed by atoms with E-state index in [2.05, 4.69) is 5.32 Å². The molecule has 2 rings (SSSR count). The summed E-state index contributed by atoms with van der Waals surface area (Å²) in [7, 11) is 0. The Morgan fingerprint density at radius 2 is 1.75 bits per heavy atom. The van der Waals surface area contributed by atoms with E-state index < -0.39 is 5.97 Å². The summed E-state index contributed by atoms with van der Waals surface area (Å²) in [4.78, 5) is 22.9. The van der Waals surface area contributed by atoms with Gasteiger partial charge in [0.05, 0.1) is 5.56 Å². The van der Waals surface area contributed by atoms with Crippen LogP contribution >= 0.6 is 0 Å². The fraction of sp³-hybridized carbons (Fsp3) is 0.125. The largest absolute Gasteiger partial charge is 0.423 e. The zero-order chi connectivity index (χ0) is 14.5. The number of benzene rings is 2. The highest BCUT2D eigenvalue weighted by Gasteiger charge is 2.08. The van der Waals surface area contributed by atoms with Gasteiger partial charge < -0.3 is 10.1 Å². The second kappa shape index (κ2) is 6.02. The van der Waals surface area contributed by atoms with Crippen molar-refractivity contribution in [3.05, 3.63) is 59.7 Å². The number of rotatable bonds is 3. The molecular formula is C16H15NO3. The summed E-state index contributed by atoms with van der Waals surface area (Å²) in [5.74, 6) is -0.209. The van der Waals surface area contributed by atoms with Crippen LogP contribution in [0.2, 0.25) is 0 Å². The second-order valence-corrected chi connectivity index (χ2v) is 4.46. The minimum atomic E-state index is -0.426. The normalized spacial score (nSPS) is 9.90. The van der Waals surface area contributed by atoms with Gasteiger partial charge in [-0.15, -0.1) is 0 Å². The average molecular weight is 269 g/mol. The molecule has 0 radical (unpaired) electrons. The van der Waals surface area contributed by atoms with Crippen LogP contribution in [0.25, 0.3) is 0 Å². The van der Waals surface area contributed by atoms with Crippen LogP contribution in [0.15, 0.2) is 48.5 Å². The molecule has 20 heavy (non-hydrogen) atoms. The van der Waals surface area contributed by atoms with Crippen molar-refractivity contribution in [3.8, 4) is 5.75 Å². The summed E-state index contributed by atoms with van der Waals surface area (Å²) in [5, 5.41) is 2.64. The smallest absolute Gasteiger partial charge is 0.343 e. The molecule has 0 saturated heterocycles. The van der Waals surface area contributed by atoms with E-state index in [1.54, 1.807) is 36.4 Å². The number of aryl methyl sites for hydroxylation is 1. The van der Waals surface area contributed by atoms with Crippen LogP contribution in [0.4, 0.5) is 5.69 Å². The predicted molar refractivity (Wildman–Crippen MR) is 76.9 cm³/mol. The molecule has 0 aliphatic rings. The molecule has 0 fully saturated rings. The van der Waals surface area contributed by atoms with Crippen LogP contribution in [-0.2, 0) is 4.79 Å². The van der Waals surface area contributed by atoms with Gasteiger partial charge in [-0.3, -0.25) is 4.79 Å². The van der Waals surface area contributed by atoms with Gasteiger partial charge in [0.25, 0.3) is 0 Å². The number of esters is 1. The fourth-order valence-electron chi connectivity index (χ4n) is 1.70. The van der Waals surface area contributed by atoms with Gasteiger partial charge >= 0.3 is 5.97 Å². The lowest BCUT2D eigenvalue weighted by molar-refractivity contribution is -0.114. The number of ether oxygens (including phenoxy) is 1. The van der Waals surface area contributed by atoms with Gasteiger partial charge in [-0.2, -0.15) is 0 Å². The Kier molecular flexibility index (Phi) is 4.15. The van der Waals surface area contributed by atoms with Gasteiger partial charge in [-0.25, -0.2) is 4.79 Å². The van der Waals surface area contributed by atoms with E-state index in [1.807, 2.05) is 19.1 Å². The van der Waals surface area contributed by atoms with Crippen LogP contribution in [0.5, 0.6) is 5.75 Å². The number of amides is 1. The highest BCUT2D eigenvalue weighted by molar-refractivity contribution is 5.92. The quantitative estimate of drug-likeness (QED) is 0.687. The molecule has 0 aliphatic heterocycles. The number of anilines is 1. The molecule has 0 unspecified atom stereocenters. The number of carbonyl (C=O) groups excluding carboxylic acids is 2. The van der Waals surface area contributed by atoms with E-state index in [1.165, 1.54) is 6.92 Å². The van der Waals surface area contributed by atoms with Crippen molar-refractivity contribution >= 4 is 17.6 Å². The highest BCUT2D eigenvalue weighted by Crippen LogP contribution is 2.18. The standard InChI is InChI=1S/C16H15NO3/c1-11-6-8-13(9-7-11)16(19)20-15-5-3-4-14(10-15)17-12(2)18/h3-10H,1-2H3,(H,17,18). The Balaban J connectivity index is 2.11. The van der Waals surface area contributed by atoms with Gasteiger partial charge in [0.1, 0.15) is 5.75 Å². The third-order valence-corrected chi connectivity index (χ3v) is 2.65. The predicted octanol–water partition coefficient (Wildman–Crippen LogP) is 3.17. The lowest BCUT2D eigenvalue weighted by atomic mass is 10.1. The number of nitrogens with one attached hydrogen (secondary N) is 1. The third kappa shape index (κ3) is 3.68. The van der Waals surface area contributed by atoms with Gasteiger partial charge in [-0.05, 0) is 31.2 Å². The van der Waals surface area contributed by atoms with Crippen molar-refractivity contribution in [2.45, 2.75) is 13.8 Å². The maximum atomic E-state index is 11.9. The SMILES string of the molecule is CC(=O)Nc1cccc(OC(=O)c2ccc(C)cc2)c1. The lowest BCUT2D eigenvalue weighted by Gasteiger charge is -2.07. The number of hydrogen-bond acceptors (Lipinski definition) is 3. The minimum Gasteiger partial charge on any atom is -0.423 e. The molecule has 0 heterocycles. The molecule has 1 N–H and O–H groups in total. The second-order valence-electron chi connectivity index (χ2n) is 4.46. The summed E-state index contributed by atoms with van der Waals surface area (Å²) in [6.07, 6.45) is 0. The van der Waals surface area contributed by atoms with Crippen LogP contribution in [0.1, 0.15) is 22.8 Å². The zero-order valence-corrected chi connectivity index (χ0v) is 11.3. The van der Waals surface area contributed by atoms with Gasteiger partial charge in [0, 0.05) is 18.7 Å². The minimum absolute atomic E-state index is 0.174. The van der Waals surface area contributed by atoms with Crippen LogP contribution < -0.4 is 10.1 Å². The zero-order valence-electron chi connectivity index (χ0n) is 11.3. The summed E-state index contributed by atoms with van der Waals surface area (Å²) in [5.41, 5.74) is 2.15. The highest BCUT2D eigenvalue weighted by atomic mass is 16.5.